The van der Waals surface area contributed by atoms with Gasteiger partial charge in [0.05, 0.1) is 4.92 Å². The lowest BCUT2D eigenvalue weighted by atomic mass is 9.95. The highest BCUT2D eigenvalue weighted by Crippen LogP contribution is 2.32. The average molecular weight is 457 g/mol. The second kappa shape index (κ2) is 9.77. The summed E-state index contributed by atoms with van der Waals surface area (Å²) in [6.07, 6.45) is 2.45. The number of carbonyl (C=O) groups is 1. The topological polar surface area (TPSA) is 78.7 Å². The molecule has 0 aliphatic carbocycles. The van der Waals surface area contributed by atoms with Gasteiger partial charge in [0.2, 0.25) is 5.91 Å². The van der Waals surface area contributed by atoms with Gasteiger partial charge in [0.25, 0.3) is 5.69 Å². The zero-order chi connectivity index (χ0) is 22.7. The quantitative estimate of drug-likeness (QED) is 0.514. The summed E-state index contributed by atoms with van der Waals surface area (Å²) in [5.41, 5.74) is 3.15. The fourth-order valence-electron chi connectivity index (χ4n) is 4.80. The van der Waals surface area contributed by atoms with Crippen LogP contribution in [0.1, 0.15) is 24.8 Å². The van der Waals surface area contributed by atoms with Crippen LogP contribution in [0, 0.1) is 28.9 Å². The van der Waals surface area contributed by atoms with Crippen LogP contribution >= 0.6 is 11.6 Å². The van der Waals surface area contributed by atoms with Gasteiger partial charge in [0.15, 0.2) is 0 Å². The van der Waals surface area contributed by atoms with Crippen LogP contribution in [0.4, 0.5) is 17.1 Å². The minimum Gasteiger partial charge on any atom is -0.371 e. The summed E-state index contributed by atoms with van der Waals surface area (Å²) >= 11 is 6.17. The highest BCUT2D eigenvalue weighted by Gasteiger charge is 2.29. The van der Waals surface area contributed by atoms with Crippen molar-refractivity contribution in [3.8, 4) is 0 Å². The Kier molecular flexibility index (Phi) is 6.84. The number of benzene rings is 2. The molecule has 4 rings (SSSR count). The summed E-state index contributed by atoms with van der Waals surface area (Å²) in [6.45, 7) is 5.95. The van der Waals surface area contributed by atoms with Crippen LogP contribution in [0.2, 0.25) is 5.02 Å². The van der Waals surface area contributed by atoms with E-state index in [-0.39, 0.29) is 22.4 Å². The highest BCUT2D eigenvalue weighted by atomic mass is 35.5. The number of nitrogens with one attached hydrogen (secondary N) is 1. The number of anilines is 2. The molecule has 1 amide bonds. The summed E-state index contributed by atoms with van der Waals surface area (Å²) in [5.74, 6) is 0.482. The number of nitro benzene ring substituents is 1. The van der Waals surface area contributed by atoms with Crippen LogP contribution in [-0.2, 0) is 4.79 Å². The Bertz CT molecular complexity index is 991. The fraction of sp³-hybridized carbons (Fsp3) is 0.458. The molecule has 2 aromatic carbocycles. The number of piperidine rings is 1. The van der Waals surface area contributed by atoms with E-state index in [0.717, 1.165) is 24.5 Å². The molecule has 1 unspecified atom stereocenters. The molecule has 170 valence electrons. The first kappa shape index (κ1) is 22.4. The molecule has 2 fully saturated rings. The first-order valence-electron chi connectivity index (χ1n) is 11.2. The van der Waals surface area contributed by atoms with Gasteiger partial charge in [-0.25, -0.2) is 0 Å². The van der Waals surface area contributed by atoms with Crippen LogP contribution in [0.15, 0.2) is 42.5 Å². The molecule has 2 aromatic rings. The van der Waals surface area contributed by atoms with Crippen LogP contribution in [0.5, 0.6) is 0 Å². The van der Waals surface area contributed by atoms with Crippen molar-refractivity contribution in [2.24, 2.45) is 11.8 Å². The molecule has 2 aliphatic rings. The molecule has 0 bridgehead atoms. The van der Waals surface area contributed by atoms with Gasteiger partial charge in [-0.3, -0.25) is 14.9 Å². The van der Waals surface area contributed by atoms with Crippen LogP contribution in [0.25, 0.3) is 0 Å². The van der Waals surface area contributed by atoms with Crippen molar-refractivity contribution in [2.75, 3.05) is 42.5 Å². The molecule has 2 aliphatic heterocycles. The van der Waals surface area contributed by atoms with Gasteiger partial charge in [0.1, 0.15) is 5.69 Å². The van der Waals surface area contributed by atoms with E-state index in [9.17, 15) is 14.9 Å². The zero-order valence-corrected chi connectivity index (χ0v) is 19.1. The Morgan fingerprint density at radius 2 is 1.81 bits per heavy atom. The molecule has 0 spiro atoms. The Hall–Kier alpha value is -2.80. The van der Waals surface area contributed by atoms with E-state index in [1.165, 1.54) is 17.3 Å². The summed E-state index contributed by atoms with van der Waals surface area (Å²) in [6, 6.07) is 12.8. The number of hydrogen-bond acceptors (Lipinski definition) is 5. The molecular formula is C24H29ClN4O3. The summed E-state index contributed by atoms with van der Waals surface area (Å²) in [7, 11) is 0. The third kappa shape index (κ3) is 4.99. The number of hydrogen-bond donors (Lipinski definition) is 1. The number of halogens is 1. The molecule has 8 heteroatoms. The minimum atomic E-state index is -0.343. The Labute approximate surface area is 193 Å². The van der Waals surface area contributed by atoms with E-state index in [0.29, 0.717) is 44.1 Å². The van der Waals surface area contributed by atoms with Crippen molar-refractivity contribution in [2.45, 2.75) is 26.2 Å². The maximum Gasteiger partial charge on any atom is 0.292 e. The first-order valence-corrected chi connectivity index (χ1v) is 11.6. The number of para-hydroxylation sites is 2. The molecule has 7 nitrogen and oxygen atoms in total. The number of nitrogens with zero attached hydrogens (tertiary/aromatic N) is 3. The van der Waals surface area contributed by atoms with E-state index < -0.39 is 0 Å². The first-order chi connectivity index (χ1) is 15.4. The van der Waals surface area contributed by atoms with Crippen molar-refractivity contribution in [3.05, 3.63) is 63.2 Å². The van der Waals surface area contributed by atoms with Crippen LogP contribution in [0.3, 0.4) is 0 Å². The van der Waals surface area contributed by atoms with E-state index in [4.69, 9.17) is 11.6 Å². The predicted molar refractivity (Wildman–Crippen MR) is 128 cm³/mol. The normalized spacial score (nSPS) is 19.2. The second-order valence-corrected chi connectivity index (χ2v) is 9.22. The Morgan fingerprint density at radius 3 is 2.56 bits per heavy atom. The van der Waals surface area contributed by atoms with Crippen molar-refractivity contribution in [1.82, 2.24) is 5.32 Å². The highest BCUT2D eigenvalue weighted by molar-refractivity contribution is 6.30. The third-order valence-corrected chi connectivity index (χ3v) is 6.88. The Balaban J connectivity index is 1.26. The van der Waals surface area contributed by atoms with Crippen LogP contribution in [-0.4, -0.2) is 43.6 Å². The third-order valence-electron chi connectivity index (χ3n) is 6.65. The monoisotopic (exact) mass is 456 g/mol. The summed E-state index contributed by atoms with van der Waals surface area (Å²) in [5, 5.41) is 15.2. The van der Waals surface area contributed by atoms with E-state index in [1.807, 2.05) is 29.2 Å². The molecule has 0 radical (unpaired) electrons. The maximum absolute atomic E-state index is 12.8. The number of rotatable bonds is 6. The van der Waals surface area contributed by atoms with E-state index >= 15 is 0 Å². The SMILES string of the molecule is Cc1ccc(Cl)cc1N1CCC(CNC(=O)C2CCN(c3ccccc3[N+](=O)[O-])CC2)C1. The van der Waals surface area contributed by atoms with Gasteiger partial charge >= 0.3 is 0 Å². The fourth-order valence-corrected chi connectivity index (χ4v) is 4.97. The Morgan fingerprint density at radius 1 is 1.09 bits per heavy atom. The number of aryl methyl sites for hydroxylation is 1. The number of carbonyl (C=O) groups excluding carboxylic acids is 1. The van der Waals surface area contributed by atoms with Crippen LogP contribution < -0.4 is 15.1 Å². The van der Waals surface area contributed by atoms with Crippen molar-refractivity contribution in [3.63, 3.8) is 0 Å². The number of nitro groups is 1. The minimum absolute atomic E-state index is 0.0401. The molecule has 2 heterocycles. The van der Waals surface area contributed by atoms with Gasteiger partial charge in [-0.2, -0.15) is 0 Å². The molecular weight excluding hydrogens is 428 g/mol. The standard InChI is InChI=1S/C24H29ClN4O3/c1-17-6-7-20(25)14-23(17)28-11-8-18(16-28)15-26-24(30)19-9-12-27(13-10-19)21-4-2-3-5-22(21)29(31)32/h2-7,14,18-19H,8-13,15-16H2,1H3,(H,26,30). The van der Waals surface area contributed by atoms with E-state index in [2.05, 4.69) is 17.1 Å². The molecule has 1 N–H and O–H groups in total. The van der Waals surface area contributed by atoms with E-state index in [1.54, 1.807) is 12.1 Å². The second-order valence-electron chi connectivity index (χ2n) is 8.78. The van der Waals surface area contributed by atoms with Gasteiger partial charge < -0.3 is 15.1 Å². The van der Waals surface area contributed by atoms with Crippen molar-refractivity contribution in [1.29, 1.82) is 0 Å². The van der Waals surface area contributed by atoms with Crippen molar-refractivity contribution >= 4 is 34.6 Å². The van der Waals surface area contributed by atoms with Gasteiger partial charge in [-0.15, -0.1) is 0 Å². The van der Waals surface area contributed by atoms with Gasteiger partial charge in [-0.1, -0.05) is 29.8 Å². The summed E-state index contributed by atoms with van der Waals surface area (Å²) < 4.78 is 0. The molecule has 1 atom stereocenters. The average Bonchev–Trinajstić information content (AvgIpc) is 3.28. The number of amides is 1. The predicted octanol–water partition coefficient (Wildman–Crippen LogP) is 4.42. The smallest absolute Gasteiger partial charge is 0.292 e. The van der Waals surface area contributed by atoms with Crippen molar-refractivity contribution < 1.29 is 9.72 Å². The zero-order valence-electron chi connectivity index (χ0n) is 18.3. The molecule has 0 aromatic heterocycles. The lowest BCUT2D eigenvalue weighted by Gasteiger charge is -2.32. The van der Waals surface area contributed by atoms with Gasteiger partial charge in [-0.05, 0) is 55.9 Å². The lowest BCUT2D eigenvalue weighted by Crippen LogP contribution is -2.42. The maximum atomic E-state index is 12.8. The summed E-state index contributed by atoms with van der Waals surface area (Å²) in [4.78, 5) is 28.1. The molecule has 2 saturated heterocycles. The largest absolute Gasteiger partial charge is 0.371 e. The van der Waals surface area contributed by atoms with Gasteiger partial charge in [0, 0.05) is 55.4 Å². The lowest BCUT2D eigenvalue weighted by molar-refractivity contribution is -0.384. The molecule has 0 saturated carbocycles. The molecule has 32 heavy (non-hydrogen) atoms.